The lowest BCUT2D eigenvalue weighted by atomic mass is 9.99. The van der Waals surface area contributed by atoms with Crippen LogP contribution in [0.15, 0.2) is 354 Å². The summed E-state index contributed by atoms with van der Waals surface area (Å²) in [7, 11) is 0. The highest BCUT2D eigenvalue weighted by Crippen LogP contribution is 2.46. The van der Waals surface area contributed by atoms with E-state index in [1.54, 1.807) is 18.2 Å². The van der Waals surface area contributed by atoms with E-state index in [1.807, 2.05) is 194 Å². The van der Waals surface area contributed by atoms with Gasteiger partial charge in [-0.25, -0.2) is 28.8 Å². The highest BCUT2D eigenvalue weighted by Gasteiger charge is 2.34. The molecule has 22 rings (SSSR count). The number of esters is 6. The first-order valence-electron chi connectivity index (χ1n) is 42.1. The Hall–Kier alpha value is -15.7. The molecule has 0 radical (unpaired) electrons. The number of hydrogen-bond acceptors (Lipinski definition) is 12. The Morgan fingerprint density at radius 2 is 0.603 bits per heavy atom. The summed E-state index contributed by atoms with van der Waals surface area (Å²) in [4.78, 5) is 74.4. The molecule has 12 heteroatoms. The smallest absolute Gasteiger partial charge is 0.344 e. The molecule has 17 aromatic carbocycles. The number of benzene rings is 17. The summed E-state index contributed by atoms with van der Waals surface area (Å²) in [6, 6.07) is 104. The first kappa shape index (κ1) is 81.4. The predicted octanol–water partition coefficient (Wildman–Crippen LogP) is 26.3. The maximum absolute atomic E-state index is 13.0. The Balaban J connectivity index is 0.000000107. The Kier molecular flexibility index (Phi) is 22.9. The van der Waals surface area contributed by atoms with Gasteiger partial charge in [-0.05, 0) is 186 Å². The van der Waals surface area contributed by atoms with Gasteiger partial charge in [-0.15, -0.1) is 0 Å². The fourth-order valence-corrected chi connectivity index (χ4v) is 18.4. The molecule has 0 amide bonds. The average molecular weight is 1650 g/mol. The largest absolute Gasteiger partial charge is 0.455 e. The van der Waals surface area contributed by atoms with Crippen LogP contribution in [0, 0.1) is 0 Å². The molecule has 0 saturated heterocycles. The lowest BCUT2D eigenvalue weighted by Crippen LogP contribution is -2.19. The van der Waals surface area contributed by atoms with Crippen molar-refractivity contribution in [1.82, 2.24) is 0 Å². The minimum Gasteiger partial charge on any atom is -0.455 e. The lowest BCUT2D eigenvalue weighted by Gasteiger charge is -2.15. The van der Waals surface area contributed by atoms with Gasteiger partial charge in [0, 0.05) is 65.5 Å². The van der Waals surface area contributed by atoms with Gasteiger partial charge in [0.2, 0.25) is 0 Å². The van der Waals surface area contributed by atoms with E-state index in [0.717, 1.165) is 119 Å². The molecule has 0 bridgehead atoms. The maximum Gasteiger partial charge on any atom is 0.344 e. The minimum absolute atomic E-state index is 0.206. The van der Waals surface area contributed by atoms with Crippen molar-refractivity contribution in [3.63, 3.8) is 0 Å². The number of hydrogen-bond donors (Lipinski definition) is 0. The summed E-state index contributed by atoms with van der Waals surface area (Å²) in [6.45, 7) is 19.8. The van der Waals surface area contributed by atoms with Crippen molar-refractivity contribution in [2.45, 2.75) is 69.5 Å². The van der Waals surface area contributed by atoms with Crippen LogP contribution in [0.1, 0.15) is 157 Å². The van der Waals surface area contributed by atoms with E-state index in [2.05, 4.69) is 160 Å². The number of rotatable bonds is 16. The van der Waals surface area contributed by atoms with E-state index in [1.165, 1.54) is 77.8 Å². The first-order chi connectivity index (χ1) is 61.6. The zero-order chi connectivity index (χ0) is 86.6. The van der Waals surface area contributed by atoms with Gasteiger partial charge in [0.05, 0.1) is 22.3 Å². The number of ether oxygens (including phenoxy) is 6. The summed E-state index contributed by atoms with van der Waals surface area (Å²) in [5, 5.41) is 17.9. The highest BCUT2D eigenvalue weighted by molar-refractivity contribution is 6.09. The molecule has 0 saturated carbocycles. The SMILES string of the molecule is C=C(C)C(=O)OCC(=O)OC1Cc2cccc3cccc1c23.C=Cc1ccc(C(=O)OC2Cc3cccc4cccc2c34)c2ccccc12.C=Cc1ccc(C(=O)OC2Cc3cccc4cccc2c34)c2ccccc12.C=Cc1ccc(C(=O)OC2Cc3cccc4cccc2c34)cc1.C=Cc1ccc2cc(C(=O)OC3Cc4cccc5cccc3c45)ccc2c1. The summed E-state index contributed by atoms with van der Waals surface area (Å²) in [6.07, 6.45) is 9.55. The van der Waals surface area contributed by atoms with Crippen LogP contribution in [0.5, 0.6) is 0 Å². The molecule has 5 aliphatic rings. The normalized spacial score (nSPS) is 15.3. The molecule has 12 nitrogen and oxygen atoms in total. The zero-order valence-corrected chi connectivity index (χ0v) is 69.4. The number of carbonyl (C=O) groups is 6. The van der Waals surface area contributed by atoms with Crippen LogP contribution in [0.3, 0.4) is 0 Å². The molecule has 5 aliphatic carbocycles. The monoisotopic (exact) mass is 1650 g/mol. The van der Waals surface area contributed by atoms with Crippen molar-refractivity contribution in [2.24, 2.45) is 0 Å². The topological polar surface area (TPSA) is 158 Å². The molecule has 17 aromatic rings. The zero-order valence-electron chi connectivity index (χ0n) is 69.4. The van der Waals surface area contributed by atoms with E-state index in [4.69, 9.17) is 28.4 Å². The van der Waals surface area contributed by atoms with E-state index >= 15 is 0 Å². The molecular formula is C114H86O12. The number of fused-ring (bicyclic) bond motifs is 3. The molecular weight excluding hydrogens is 1560 g/mol. The second-order valence-electron chi connectivity index (χ2n) is 32.0. The molecule has 0 heterocycles. The van der Waals surface area contributed by atoms with Gasteiger partial charge in [-0.3, -0.25) is 0 Å². The second-order valence-corrected chi connectivity index (χ2v) is 32.0. The molecule has 0 aromatic heterocycles. The van der Waals surface area contributed by atoms with Crippen LogP contribution < -0.4 is 0 Å². The molecule has 0 fully saturated rings. The van der Waals surface area contributed by atoms with E-state index in [0.29, 0.717) is 28.7 Å². The van der Waals surface area contributed by atoms with Crippen LogP contribution in [0.25, 0.3) is 110 Å². The standard InChI is InChI=1S/3C25H18O2.C21H16O2.C18H16O4/c1-2-16-9-10-19-14-21(12-11-18(19)13-16)25(26)27-23-15-20-7-3-5-17-6-4-8-22(23)24(17)20;2*1-2-16-13-14-21(20-11-4-3-10-19(16)20)25(26)27-23-15-18-9-5-7-17-8-6-12-22(23)24(17)18;1-2-14-9-11-16(12-10-14)21(22)23-19-13-17-7-3-5-15-6-4-8-18(19)20(15)17;1-11(2)18(20)21-10-16(19)22-15-9-13-7-3-5-12-6-4-8-14(15)17(12)13/h3*2-14,23H,1,15H2;2-12,19H,1,13H2;3-8,15H,1,9-10H2,2H3. The second kappa shape index (κ2) is 35.4. The molecule has 0 spiro atoms. The van der Waals surface area contributed by atoms with Gasteiger partial charge in [0.15, 0.2) is 6.61 Å². The third-order valence-corrected chi connectivity index (χ3v) is 24.3. The maximum atomic E-state index is 13.0. The van der Waals surface area contributed by atoms with Crippen molar-refractivity contribution in [1.29, 1.82) is 0 Å². The molecule has 0 aliphatic heterocycles. The third-order valence-electron chi connectivity index (χ3n) is 24.3. The van der Waals surface area contributed by atoms with E-state index < -0.39 is 18.5 Å². The van der Waals surface area contributed by atoms with Crippen LogP contribution in [-0.2, 0) is 70.1 Å². The lowest BCUT2D eigenvalue weighted by molar-refractivity contribution is -0.160. The Morgan fingerprint density at radius 3 is 0.960 bits per heavy atom. The molecule has 126 heavy (non-hydrogen) atoms. The van der Waals surface area contributed by atoms with Crippen molar-refractivity contribution in [3.8, 4) is 0 Å². The Bertz CT molecular complexity index is 7130. The van der Waals surface area contributed by atoms with Crippen molar-refractivity contribution in [3.05, 3.63) is 454 Å². The van der Waals surface area contributed by atoms with Crippen LogP contribution in [-0.4, -0.2) is 42.4 Å². The average Bonchev–Trinajstić information content (AvgIpc) is 1.61. The van der Waals surface area contributed by atoms with Gasteiger partial charge >= 0.3 is 35.8 Å². The van der Waals surface area contributed by atoms with Gasteiger partial charge in [-0.2, -0.15) is 0 Å². The Morgan fingerprint density at radius 1 is 0.294 bits per heavy atom. The fraction of sp³-hybridized carbons (Fsp3) is 0.105. The van der Waals surface area contributed by atoms with Crippen LogP contribution >= 0.6 is 0 Å². The van der Waals surface area contributed by atoms with Crippen LogP contribution in [0.4, 0.5) is 0 Å². The van der Waals surface area contributed by atoms with Crippen molar-refractivity contribution in [2.75, 3.05) is 6.61 Å². The fourth-order valence-electron chi connectivity index (χ4n) is 18.4. The summed E-state index contributed by atoms with van der Waals surface area (Å²) >= 11 is 0. The molecule has 5 atom stereocenters. The minimum atomic E-state index is -0.589. The van der Waals surface area contributed by atoms with E-state index in [9.17, 15) is 28.8 Å². The highest BCUT2D eigenvalue weighted by atomic mass is 16.6. The van der Waals surface area contributed by atoms with Gasteiger partial charge in [0.25, 0.3) is 0 Å². The molecule has 0 N–H and O–H groups in total. The summed E-state index contributed by atoms with van der Waals surface area (Å²) in [5.41, 5.74) is 18.2. The van der Waals surface area contributed by atoms with Crippen LogP contribution in [0.2, 0.25) is 0 Å². The molecule has 614 valence electrons. The summed E-state index contributed by atoms with van der Waals surface area (Å²) in [5.74, 6) is -2.26. The first-order valence-corrected chi connectivity index (χ1v) is 42.1. The quantitative estimate of drug-likeness (QED) is 0.0513. The van der Waals surface area contributed by atoms with Crippen molar-refractivity contribution < 1.29 is 57.2 Å². The van der Waals surface area contributed by atoms with Gasteiger partial charge < -0.3 is 28.4 Å². The number of carbonyl (C=O) groups excluding carboxylic acids is 6. The van der Waals surface area contributed by atoms with Gasteiger partial charge in [0.1, 0.15) is 30.5 Å². The predicted molar refractivity (Wildman–Crippen MR) is 504 cm³/mol. The Labute approximate surface area is 729 Å². The van der Waals surface area contributed by atoms with Crippen molar-refractivity contribution >= 4 is 146 Å². The molecule has 5 unspecified atom stereocenters. The third kappa shape index (κ3) is 16.2. The van der Waals surface area contributed by atoms with E-state index in [-0.39, 0.29) is 60.0 Å². The summed E-state index contributed by atoms with van der Waals surface area (Å²) < 4.78 is 33.9. The van der Waals surface area contributed by atoms with Gasteiger partial charge in [-0.1, -0.05) is 330 Å².